The lowest BCUT2D eigenvalue weighted by molar-refractivity contribution is -0.117. The number of carbonyl (C=O) groups excluding carboxylic acids is 1. The third kappa shape index (κ3) is 5.72. The molecule has 0 aliphatic carbocycles. The number of amides is 1. The maximum atomic E-state index is 12.9. The Hall–Kier alpha value is -3.45. The summed E-state index contributed by atoms with van der Waals surface area (Å²) in [7, 11) is 0. The second kappa shape index (κ2) is 10.7. The molecule has 2 aromatic heterocycles. The zero-order valence-electron chi connectivity index (χ0n) is 19.7. The van der Waals surface area contributed by atoms with Gasteiger partial charge in [-0.15, -0.1) is 10.2 Å². The summed E-state index contributed by atoms with van der Waals surface area (Å²) in [5.41, 5.74) is 4.05. The van der Waals surface area contributed by atoms with Gasteiger partial charge in [-0.05, 0) is 62.9 Å². The van der Waals surface area contributed by atoms with E-state index in [-0.39, 0.29) is 5.91 Å². The third-order valence-corrected chi connectivity index (χ3v) is 6.74. The van der Waals surface area contributed by atoms with Crippen molar-refractivity contribution >= 4 is 23.4 Å². The van der Waals surface area contributed by atoms with Crippen molar-refractivity contribution in [3.05, 3.63) is 90.1 Å². The number of para-hydroxylation sites is 1. The molecule has 174 valence electrons. The van der Waals surface area contributed by atoms with Crippen LogP contribution in [0.4, 0.5) is 5.69 Å². The van der Waals surface area contributed by atoms with Crippen molar-refractivity contribution in [3.8, 4) is 11.5 Å². The monoisotopic (exact) mass is 471 g/mol. The molecule has 0 bridgehead atoms. The Morgan fingerprint density at radius 3 is 2.24 bits per heavy atom. The lowest BCUT2D eigenvalue weighted by atomic mass is 10.1. The first kappa shape index (κ1) is 23.7. The first-order valence-electron chi connectivity index (χ1n) is 11.4. The highest BCUT2D eigenvalue weighted by atomic mass is 32.2. The Morgan fingerprint density at radius 1 is 0.912 bits per heavy atom. The standard InChI is InChI=1S/C27H29N5OS/c1-4-32-24(23-18-17-21(19-28-23)16-15-20-11-7-5-8-12-20)30-31-26(32)34-27(2,3)25(33)29-22-13-9-6-10-14-22/h5-14,17-19H,4,15-16H2,1-3H3,(H,29,33). The normalized spacial score (nSPS) is 11.4. The summed E-state index contributed by atoms with van der Waals surface area (Å²) < 4.78 is 1.27. The molecule has 0 aliphatic heterocycles. The summed E-state index contributed by atoms with van der Waals surface area (Å²) in [4.78, 5) is 17.6. The van der Waals surface area contributed by atoms with Gasteiger partial charge in [0.1, 0.15) is 5.69 Å². The summed E-state index contributed by atoms with van der Waals surface area (Å²) in [6.07, 6.45) is 3.83. The molecule has 0 radical (unpaired) electrons. The number of benzene rings is 2. The van der Waals surface area contributed by atoms with E-state index in [1.165, 1.54) is 22.9 Å². The second-order valence-corrected chi connectivity index (χ2v) is 10.1. The lowest BCUT2D eigenvalue weighted by Gasteiger charge is -2.22. The fourth-order valence-electron chi connectivity index (χ4n) is 3.55. The minimum Gasteiger partial charge on any atom is -0.325 e. The fourth-order valence-corrected chi connectivity index (χ4v) is 4.56. The highest BCUT2D eigenvalue weighted by Gasteiger charge is 2.32. The van der Waals surface area contributed by atoms with E-state index < -0.39 is 4.75 Å². The number of carbonyl (C=O) groups is 1. The van der Waals surface area contributed by atoms with Gasteiger partial charge in [0.15, 0.2) is 11.0 Å². The molecule has 1 amide bonds. The number of thioether (sulfide) groups is 1. The van der Waals surface area contributed by atoms with Crippen LogP contribution in [-0.4, -0.2) is 30.4 Å². The van der Waals surface area contributed by atoms with E-state index >= 15 is 0 Å². The molecule has 0 saturated heterocycles. The predicted molar refractivity (Wildman–Crippen MR) is 138 cm³/mol. The van der Waals surface area contributed by atoms with Crippen molar-refractivity contribution < 1.29 is 4.79 Å². The molecule has 0 saturated carbocycles. The van der Waals surface area contributed by atoms with Crippen LogP contribution in [0.2, 0.25) is 0 Å². The van der Waals surface area contributed by atoms with Gasteiger partial charge in [-0.3, -0.25) is 9.78 Å². The van der Waals surface area contributed by atoms with Crippen LogP contribution in [0.5, 0.6) is 0 Å². The van der Waals surface area contributed by atoms with Crippen LogP contribution < -0.4 is 5.32 Å². The number of hydrogen-bond acceptors (Lipinski definition) is 5. The average molecular weight is 472 g/mol. The van der Waals surface area contributed by atoms with Crippen molar-refractivity contribution in [1.29, 1.82) is 0 Å². The SMILES string of the molecule is CCn1c(SC(C)(C)C(=O)Nc2ccccc2)nnc1-c1ccc(CCc2ccccc2)cn1. The van der Waals surface area contributed by atoms with Crippen LogP contribution in [0.1, 0.15) is 31.9 Å². The topological polar surface area (TPSA) is 72.7 Å². The Bertz CT molecular complexity index is 1220. The van der Waals surface area contributed by atoms with Gasteiger partial charge in [0.2, 0.25) is 5.91 Å². The molecule has 2 heterocycles. The van der Waals surface area contributed by atoms with Crippen LogP contribution in [0.15, 0.2) is 84.1 Å². The maximum absolute atomic E-state index is 12.9. The largest absolute Gasteiger partial charge is 0.325 e. The van der Waals surface area contributed by atoms with E-state index in [2.05, 4.69) is 50.8 Å². The Morgan fingerprint density at radius 2 is 1.59 bits per heavy atom. The molecule has 7 heteroatoms. The van der Waals surface area contributed by atoms with Gasteiger partial charge in [0, 0.05) is 18.4 Å². The van der Waals surface area contributed by atoms with Crippen LogP contribution in [0.3, 0.4) is 0 Å². The molecule has 0 aliphatic rings. The molecule has 0 fully saturated rings. The molecular formula is C27H29N5OS. The average Bonchev–Trinajstić information content (AvgIpc) is 3.26. The fraction of sp³-hybridized carbons (Fsp3) is 0.259. The van der Waals surface area contributed by atoms with E-state index in [0.29, 0.717) is 17.5 Å². The van der Waals surface area contributed by atoms with E-state index in [1.54, 1.807) is 0 Å². The summed E-state index contributed by atoms with van der Waals surface area (Å²) in [5.74, 6) is 0.621. The quantitative estimate of drug-likeness (QED) is 0.319. The minimum atomic E-state index is -0.734. The summed E-state index contributed by atoms with van der Waals surface area (Å²) in [5, 5.41) is 12.5. The minimum absolute atomic E-state index is 0.0863. The van der Waals surface area contributed by atoms with Crippen LogP contribution >= 0.6 is 11.8 Å². The van der Waals surface area contributed by atoms with E-state index in [1.807, 2.05) is 74.0 Å². The zero-order valence-corrected chi connectivity index (χ0v) is 20.5. The summed E-state index contributed by atoms with van der Waals surface area (Å²) in [6, 6.07) is 24.0. The molecule has 4 aromatic rings. The van der Waals surface area contributed by atoms with Gasteiger partial charge in [0.25, 0.3) is 0 Å². The van der Waals surface area contributed by atoms with Crippen molar-refractivity contribution in [2.75, 3.05) is 5.32 Å². The molecule has 0 atom stereocenters. The zero-order chi connectivity index (χ0) is 24.0. The van der Waals surface area contributed by atoms with E-state index in [4.69, 9.17) is 0 Å². The molecule has 6 nitrogen and oxygen atoms in total. The van der Waals surface area contributed by atoms with Crippen LogP contribution in [-0.2, 0) is 24.2 Å². The lowest BCUT2D eigenvalue weighted by Crippen LogP contribution is -2.34. The Labute approximate surface area is 204 Å². The Balaban J connectivity index is 1.45. The molecular weight excluding hydrogens is 442 g/mol. The molecule has 2 aromatic carbocycles. The molecule has 34 heavy (non-hydrogen) atoms. The summed E-state index contributed by atoms with van der Waals surface area (Å²) >= 11 is 1.40. The van der Waals surface area contributed by atoms with E-state index in [0.717, 1.165) is 24.2 Å². The Kier molecular flexibility index (Phi) is 7.43. The number of rotatable bonds is 9. The van der Waals surface area contributed by atoms with Crippen molar-refractivity contribution in [2.45, 2.75) is 50.1 Å². The first-order valence-corrected chi connectivity index (χ1v) is 12.3. The van der Waals surface area contributed by atoms with Crippen molar-refractivity contribution in [1.82, 2.24) is 19.7 Å². The smallest absolute Gasteiger partial charge is 0.240 e. The number of hydrogen-bond donors (Lipinski definition) is 1. The van der Waals surface area contributed by atoms with Gasteiger partial charge in [-0.1, -0.05) is 66.4 Å². The van der Waals surface area contributed by atoms with E-state index in [9.17, 15) is 4.79 Å². The highest BCUT2D eigenvalue weighted by Crippen LogP contribution is 2.34. The predicted octanol–water partition coefficient (Wildman–Crippen LogP) is 5.65. The molecule has 0 spiro atoms. The highest BCUT2D eigenvalue weighted by molar-refractivity contribution is 8.01. The van der Waals surface area contributed by atoms with Gasteiger partial charge in [0.05, 0.1) is 4.75 Å². The van der Waals surface area contributed by atoms with Crippen LogP contribution in [0, 0.1) is 0 Å². The maximum Gasteiger partial charge on any atom is 0.240 e. The van der Waals surface area contributed by atoms with Gasteiger partial charge in [-0.2, -0.15) is 0 Å². The second-order valence-electron chi connectivity index (χ2n) is 8.52. The van der Waals surface area contributed by atoms with Gasteiger partial charge >= 0.3 is 0 Å². The number of nitrogens with zero attached hydrogens (tertiary/aromatic N) is 4. The molecule has 0 unspecified atom stereocenters. The third-order valence-electron chi connectivity index (χ3n) is 5.56. The van der Waals surface area contributed by atoms with Crippen molar-refractivity contribution in [2.24, 2.45) is 0 Å². The van der Waals surface area contributed by atoms with Crippen molar-refractivity contribution in [3.63, 3.8) is 0 Å². The summed E-state index contributed by atoms with van der Waals surface area (Å²) in [6.45, 7) is 6.51. The number of pyridine rings is 1. The van der Waals surface area contributed by atoms with Gasteiger partial charge < -0.3 is 9.88 Å². The molecule has 4 rings (SSSR count). The molecule has 1 N–H and O–H groups in total. The van der Waals surface area contributed by atoms with Gasteiger partial charge in [-0.25, -0.2) is 0 Å². The van der Waals surface area contributed by atoms with Crippen LogP contribution in [0.25, 0.3) is 11.5 Å². The number of nitrogens with one attached hydrogen (secondary N) is 1. The number of aryl methyl sites for hydroxylation is 2. The first-order chi connectivity index (χ1) is 16.5. The number of anilines is 1. The number of aromatic nitrogens is 4.